The number of benzene rings is 1. The fourth-order valence-electron chi connectivity index (χ4n) is 1.53. The van der Waals surface area contributed by atoms with E-state index in [0.29, 0.717) is 0 Å². The van der Waals surface area contributed by atoms with Gasteiger partial charge in [-0.1, -0.05) is 57.2 Å². The Morgan fingerprint density at radius 3 is 2.00 bits per heavy atom. The first-order chi connectivity index (χ1) is 8.35. The number of nitrogens with two attached hydrogens (primary N) is 1. The van der Waals surface area contributed by atoms with Crippen molar-refractivity contribution in [2.75, 3.05) is 18.9 Å². The molecule has 3 N–H and O–H groups in total. The second-order valence-corrected chi connectivity index (χ2v) is 4.17. The van der Waals surface area contributed by atoms with Gasteiger partial charge in [0, 0.05) is 12.7 Å². The van der Waals surface area contributed by atoms with Crippen molar-refractivity contribution in [1.82, 2.24) is 0 Å². The highest BCUT2D eigenvalue weighted by molar-refractivity contribution is 5.41. The molecule has 0 atom stereocenters. The topological polar surface area (TPSA) is 38.0 Å². The van der Waals surface area contributed by atoms with Crippen LogP contribution in [-0.4, -0.2) is 13.6 Å². The van der Waals surface area contributed by atoms with Gasteiger partial charge in [0.05, 0.1) is 0 Å². The van der Waals surface area contributed by atoms with Crippen LogP contribution in [0.25, 0.3) is 0 Å². The molecular weight excluding hydrogens is 208 g/mol. The summed E-state index contributed by atoms with van der Waals surface area (Å²) < 4.78 is 0. The van der Waals surface area contributed by atoms with Gasteiger partial charge in [0.2, 0.25) is 0 Å². The van der Waals surface area contributed by atoms with E-state index >= 15 is 0 Å². The van der Waals surface area contributed by atoms with Gasteiger partial charge in [0.15, 0.2) is 0 Å². The van der Waals surface area contributed by atoms with Crippen LogP contribution in [0, 0.1) is 0 Å². The molecule has 2 nitrogen and oxygen atoms in total. The first-order valence-corrected chi connectivity index (χ1v) is 6.78. The fraction of sp³-hybridized carbons (Fsp3) is 0.600. The van der Waals surface area contributed by atoms with Crippen LogP contribution in [0.15, 0.2) is 30.3 Å². The Morgan fingerprint density at radius 1 is 0.941 bits per heavy atom. The predicted octanol–water partition coefficient (Wildman–Crippen LogP) is 4.03. The molecule has 1 aromatic rings. The summed E-state index contributed by atoms with van der Waals surface area (Å²) in [5.74, 6) is 0. The lowest BCUT2D eigenvalue weighted by atomic mass is 10.1. The zero-order chi connectivity index (χ0) is 12.8. The lowest BCUT2D eigenvalue weighted by Crippen LogP contribution is -1.97. The van der Waals surface area contributed by atoms with E-state index in [1.807, 2.05) is 37.4 Å². The van der Waals surface area contributed by atoms with Gasteiger partial charge in [0.1, 0.15) is 0 Å². The molecule has 1 rings (SSSR count). The van der Waals surface area contributed by atoms with Crippen molar-refractivity contribution in [2.45, 2.75) is 45.4 Å². The summed E-state index contributed by atoms with van der Waals surface area (Å²) in [5, 5.41) is 3.03. The van der Waals surface area contributed by atoms with Crippen LogP contribution < -0.4 is 11.1 Å². The number of nitrogens with one attached hydrogen (secondary N) is 1. The van der Waals surface area contributed by atoms with Crippen molar-refractivity contribution < 1.29 is 0 Å². The first kappa shape index (κ1) is 16.0. The lowest BCUT2D eigenvalue weighted by Gasteiger charge is -1.96. The van der Waals surface area contributed by atoms with E-state index in [4.69, 9.17) is 5.73 Å². The van der Waals surface area contributed by atoms with Crippen LogP contribution in [0.4, 0.5) is 5.69 Å². The number of rotatable bonds is 7. The van der Waals surface area contributed by atoms with Crippen molar-refractivity contribution in [1.29, 1.82) is 0 Å². The monoisotopic (exact) mass is 236 g/mol. The Kier molecular flexibility index (Phi) is 12.3. The first-order valence-electron chi connectivity index (χ1n) is 6.78. The minimum absolute atomic E-state index is 0.867. The van der Waals surface area contributed by atoms with Gasteiger partial charge in [-0.25, -0.2) is 0 Å². The summed E-state index contributed by atoms with van der Waals surface area (Å²) in [6, 6.07) is 10.1. The molecule has 0 spiro atoms. The van der Waals surface area contributed by atoms with Crippen LogP contribution in [0.3, 0.4) is 0 Å². The summed E-state index contributed by atoms with van der Waals surface area (Å²) >= 11 is 0. The van der Waals surface area contributed by atoms with E-state index in [1.165, 1.54) is 38.5 Å². The number of unbranched alkanes of at least 4 members (excludes halogenated alkanes) is 5. The van der Waals surface area contributed by atoms with E-state index in [2.05, 4.69) is 12.2 Å². The van der Waals surface area contributed by atoms with Crippen LogP contribution in [0.1, 0.15) is 45.4 Å². The second-order valence-electron chi connectivity index (χ2n) is 4.17. The predicted molar refractivity (Wildman–Crippen MR) is 78.4 cm³/mol. The molecule has 0 amide bonds. The van der Waals surface area contributed by atoms with Crippen LogP contribution in [-0.2, 0) is 0 Å². The largest absolute Gasteiger partial charge is 0.388 e. The highest BCUT2D eigenvalue weighted by atomic mass is 14.8. The van der Waals surface area contributed by atoms with Gasteiger partial charge in [-0.15, -0.1) is 0 Å². The van der Waals surface area contributed by atoms with E-state index in [-0.39, 0.29) is 0 Å². The molecule has 0 heterocycles. The maximum absolute atomic E-state index is 5.34. The number of para-hydroxylation sites is 1. The molecule has 0 aliphatic rings. The maximum Gasteiger partial charge on any atom is 0.0337 e. The number of hydrogen-bond acceptors (Lipinski definition) is 2. The van der Waals surface area contributed by atoms with E-state index in [1.54, 1.807) is 0 Å². The minimum atomic E-state index is 0.867. The third-order valence-electron chi connectivity index (χ3n) is 2.62. The van der Waals surface area contributed by atoms with Crippen molar-refractivity contribution >= 4 is 5.69 Å². The number of anilines is 1. The number of hydrogen-bond donors (Lipinski definition) is 2. The SMILES string of the molecule is CCCCCCCCN.CNc1ccccc1. The Labute approximate surface area is 107 Å². The van der Waals surface area contributed by atoms with Crippen LogP contribution in [0.2, 0.25) is 0 Å². The zero-order valence-electron chi connectivity index (χ0n) is 11.4. The Bertz CT molecular complexity index is 228. The van der Waals surface area contributed by atoms with Gasteiger partial charge in [-0.3, -0.25) is 0 Å². The summed E-state index contributed by atoms with van der Waals surface area (Å²) in [6.07, 6.45) is 8.05. The zero-order valence-corrected chi connectivity index (χ0v) is 11.4. The summed E-state index contributed by atoms with van der Waals surface area (Å²) in [6.45, 7) is 3.11. The molecule has 98 valence electrons. The summed E-state index contributed by atoms with van der Waals surface area (Å²) in [4.78, 5) is 0. The standard InChI is InChI=1S/C8H19N.C7H9N/c1-2-3-4-5-6-7-8-9;1-8-7-5-3-2-4-6-7/h2-9H2,1H3;2-6,8H,1H3. The third kappa shape index (κ3) is 11.2. The van der Waals surface area contributed by atoms with E-state index < -0.39 is 0 Å². The van der Waals surface area contributed by atoms with E-state index in [0.717, 1.165) is 12.2 Å². The minimum Gasteiger partial charge on any atom is -0.388 e. The molecule has 0 unspecified atom stereocenters. The third-order valence-corrected chi connectivity index (χ3v) is 2.62. The normalized spacial score (nSPS) is 9.35. The van der Waals surface area contributed by atoms with Gasteiger partial charge in [0.25, 0.3) is 0 Å². The average molecular weight is 236 g/mol. The highest BCUT2D eigenvalue weighted by Crippen LogP contribution is 2.03. The second kappa shape index (κ2) is 13.0. The van der Waals surface area contributed by atoms with Gasteiger partial charge >= 0.3 is 0 Å². The van der Waals surface area contributed by atoms with Crippen molar-refractivity contribution in [3.63, 3.8) is 0 Å². The molecule has 0 radical (unpaired) electrons. The highest BCUT2D eigenvalue weighted by Gasteiger charge is 1.85. The molecule has 17 heavy (non-hydrogen) atoms. The van der Waals surface area contributed by atoms with Gasteiger partial charge in [-0.2, -0.15) is 0 Å². The molecule has 0 bridgehead atoms. The molecule has 1 aromatic carbocycles. The molecule has 0 aromatic heterocycles. The average Bonchev–Trinajstić information content (AvgIpc) is 2.40. The molecule has 0 aliphatic carbocycles. The molecule has 2 heteroatoms. The molecule has 0 aliphatic heterocycles. The van der Waals surface area contributed by atoms with Crippen LogP contribution >= 0.6 is 0 Å². The molecule has 0 saturated heterocycles. The van der Waals surface area contributed by atoms with Crippen LogP contribution in [0.5, 0.6) is 0 Å². The molecule has 0 fully saturated rings. The van der Waals surface area contributed by atoms with Gasteiger partial charge < -0.3 is 11.1 Å². The quantitative estimate of drug-likeness (QED) is 0.701. The van der Waals surface area contributed by atoms with Crippen molar-refractivity contribution in [3.05, 3.63) is 30.3 Å². The van der Waals surface area contributed by atoms with Crippen molar-refractivity contribution in [2.24, 2.45) is 5.73 Å². The van der Waals surface area contributed by atoms with E-state index in [9.17, 15) is 0 Å². The fourth-order valence-corrected chi connectivity index (χ4v) is 1.53. The van der Waals surface area contributed by atoms with Crippen molar-refractivity contribution in [3.8, 4) is 0 Å². The van der Waals surface area contributed by atoms with Gasteiger partial charge in [-0.05, 0) is 25.1 Å². The summed E-state index contributed by atoms with van der Waals surface area (Å²) in [7, 11) is 1.91. The Morgan fingerprint density at radius 2 is 1.53 bits per heavy atom. The lowest BCUT2D eigenvalue weighted by molar-refractivity contribution is 0.612. The Balaban J connectivity index is 0.000000302. The molecule has 0 saturated carbocycles. The maximum atomic E-state index is 5.34. The Hall–Kier alpha value is -1.02. The summed E-state index contributed by atoms with van der Waals surface area (Å²) in [5.41, 5.74) is 6.50. The smallest absolute Gasteiger partial charge is 0.0337 e. The molecular formula is C15H28N2.